The summed E-state index contributed by atoms with van der Waals surface area (Å²) in [6, 6.07) is 10.7. The molecule has 1 aromatic heterocycles. The van der Waals surface area contributed by atoms with Crippen molar-refractivity contribution in [2.24, 2.45) is 0 Å². The molecule has 1 N–H and O–H groups in total. The van der Waals surface area contributed by atoms with E-state index in [0.29, 0.717) is 0 Å². The first-order valence-electron chi connectivity index (χ1n) is 8.87. The topological polar surface area (TPSA) is 81.0 Å². The largest absolute Gasteiger partial charge is 0.483 e. The van der Waals surface area contributed by atoms with Crippen molar-refractivity contribution in [2.75, 3.05) is 11.6 Å². The lowest BCUT2D eigenvalue weighted by molar-refractivity contribution is 0.0491. The number of benzene rings is 1. The van der Waals surface area contributed by atoms with Crippen LogP contribution < -0.4 is 15.2 Å². The third kappa shape index (κ3) is 4.31. The number of pyridine rings is 1. The van der Waals surface area contributed by atoms with E-state index in [1.165, 1.54) is 21.9 Å². The number of aliphatic hydroxyl groups excluding tert-OH is 1. The van der Waals surface area contributed by atoms with Crippen molar-refractivity contribution in [3.63, 3.8) is 0 Å². The molecule has 1 aliphatic rings. The van der Waals surface area contributed by atoms with Gasteiger partial charge in [0, 0.05) is 18.8 Å². The maximum Gasteiger partial charge on any atom is 0.429 e. The van der Waals surface area contributed by atoms with E-state index in [-0.39, 0.29) is 36.4 Å². The van der Waals surface area contributed by atoms with Gasteiger partial charge in [-0.05, 0) is 32.8 Å². The summed E-state index contributed by atoms with van der Waals surface area (Å²) < 4.78 is 12.6. The van der Waals surface area contributed by atoms with Gasteiger partial charge < -0.3 is 14.6 Å². The molecule has 0 spiro atoms. The lowest BCUT2D eigenvalue weighted by Gasteiger charge is -2.35. The molecule has 0 radical (unpaired) electrons. The summed E-state index contributed by atoms with van der Waals surface area (Å²) >= 11 is 0. The summed E-state index contributed by atoms with van der Waals surface area (Å²) in [5.74, 6) is 0.0436. The third-order valence-electron chi connectivity index (χ3n) is 4.09. The first kappa shape index (κ1) is 19.0. The lowest BCUT2D eigenvalue weighted by atomic mass is 10.1. The number of rotatable bonds is 3. The van der Waals surface area contributed by atoms with Crippen molar-refractivity contribution in [3.8, 4) is 5.75 Å². The Hall–Kier alpha value is -2.80. The number of carbonyl (C=O) groups excluding carboxylic acids is 1. The Morgan fingerprint density at radius 1 is 1.22 bits per heavy atom. The Labute approximate surface area is 157 Å². The van der Waals surface area contributed by atoms with Crippen LogP contribution in [0.5, 0.6) is 5.75 Å². The van der Waals surface area contributed by atoms with Gasteiger partial charge >= 0.3 is 6.09 Å². The van der Waals surface area contributed by atoms with Crippen LogP contribution in [-0.4, -0.2) is 28.0 Å². The molecule has 3 rings (SSSR count). The maximum absolute atomic E-state index is 12.5. The summed E-state index contributed by atoms with van der Waals surface area (Å²) in [4.78, 5) is 24.9. The maximum atomic E-state index is 12.5. The van der Waals surface area contributed by atoms with Crippen molar-refractivity contribution >= 4 is 6.09 Å². The molecule has 1 amide bonds. The van der Waals surface area contributed by atoms with Gasteiger partial charge in [0.2, 0.25) is 5.43 Å². The fourth-order valence-electron chi connectivity index (χ4n) is 2.90. The van der Waals surface area contributed by atoms with E-state index < -0.39 is 17.8 Å². The summed E-state index contributed by atoms with van der Waals surface area (Å²) in [6.45, 7) is 5.80. The van der Waals surface area contributed by atoms with Gasteiger partial charge in [-0.15, -0.1) is 0 Å². The number of aromatic nitrogens is 1. The molecule has 1 atom stereocenters. The van der Waals surface area contributed by atoms with Gasteiger partial charge in [-0.25, -0.2) is 9.80 Å². The van der Waals surface area contributed by atoms with Crippen LogP contribution >= 0.6 is 0 Å². The molecule has 1 aliphatic heterocycles. The molecule has 0 saturated carbocycles. The molecule has 0 aliphatic carbocycles. The SMILES string of the molecule is CC(C)(C)OC(=O)N1CCC(O)c2c(OCc3ccccc3)c(=O)ccn21. The Morgan fingerprint density at radius 3 is 2.59 bits per heavy atom. The predicted molar refractivity (Wildman–Crippen MR) is 100 cm³/mol. The van der Waals surface area contributed by atoms with Crippen molar-refractivity contribution in [2.45, 2.75) is 45.5 Å². The van der Waals surface area contributed by atoms with Gasteiger partial charge in [-0.1, -0.05) is 30.3 Å². The van der Waals surface area contributed by atoms with Crippen molar-refractivity contribution in [1.82, 2.24) is 4.68 Å². The number of carbonyl (C=O) groups is 1. The highest BCUT2D eigenvalue weighted by Gasteiger charge is 2.33. The second kappa shape index (κ2) is 7.44. The smallest absolute Gasteiger partial charge is 0.429 e. The van der Waals surface area contributed by atoms with Crippen LogP contribution in [0.4, 0.5) is 4.79 Å². The van der Waals surface area contributed by atoms with Crippen LogP contribution in [0.25, 0.3) is 0 Å². The quantitative estimate of drug-likeness (QED) is 0.896. The van der Waals surface area contributed by atoms with Crippen LogP contribution in [0.15, 0.2) is 47.4 Å². The zero-order chi connectivity index (χ0) is 19.6. The Balaban J connectivity index is 1.93. The molecule has 1 aromatic carbocycles. The summed E-state index contributed by atoms with van der Waals surface area (Å²) in [5.41, 5.74) is 0.158. The molecule has 0 saturated heterocycles. The van der Waals surface area contributed by atoms with E-state index in [4.69, 9.17) is 9.47 Å². The van der Waals surface area contributed by atoms with Crippen LogP contribution in [-0.2, 0) is 11.3 Å². The van der Waals surface area contributed by atoms with Gasteiger partial charge in [-0.2, -0.15) is 0 Å². The fraction of sp³-hybridized carbons (Fsp3) is 0.400. The zero-order valence-corrected chi connectivity index (χ0v) is 15.7. The van der Waals surface area contributed by atoms with Gasteiger partial charge in [0.1, 0.15) is 24.0 Å². The standard InChI is InChI=1S/C20H24N2O5/c1-20(2,3)27-19(25)22-12-9-15(23)17-18(16(24)10-11-21(17)22)26-13-14-7-5-4-6-8-14/h4-8,10-11,15,23H,9,12-13H2,1-3H3. The van der Waals surface area contributed by atoms with E-state index in [1.807, 2.05) is 30.3 Å². The number of nitrogens with zero attached hydrogens (tertiary/aromatic N) is 2. The molecule has 7 nitrogen and oxygen atoms in total. The molecule has 2 heterocycles. The monoisotopic (exact) mass is 372 g/mol. The van der Waals surface area contributed by atoms with E-state index in [9.17, 15) is 14.7 Å². The molecular weight excluding hydrogens is 348 g/mol. The minimum Gasteiger partial charge on any atom is -0.483 e. The normalized spacial score (nSPS) is 16.6. The number of fused-ring (bicyclic) bond motifs is 1. The Morgan fingerprint density at radius 2 is 1.93 bits per heavy atom. The summed E-state index contributed by atoms with van der Waals surface area (Å²) in [5, 5.41) is 11.8. The first-order chi connectivity index (χ1) is 12.8. The predicted octanol–water partition coefficient (Wildman–Crippen LogP) is 2.74. The van der Waals surface area contributed by atoms with Crippen molar-refractivity contribution in [3.05, 3.63) is 64.1 Å². The highest BCUT2D eigenvalue weighted by atomic mass is 16.6. The number of hydrogen-bond donors (Lipinski definition) is 1. The van der Waals surface area contributed by atoms with Crippen LogP contribution in [0.2, 0.25) is 0 Å². The van der Waals surface area contributed by atoms with Gasteiger partial charge in [0.15, 0.2) is 5.75 Å². The molecule has 144 valence electrons. The molecule has 0 bridgehead atoms. The second-order valence-electron chi connectivity index (χ2n) is 7.42. The van der Waals surface area contributed by atoms with E-state index in [1.54, 1.807) is 20.8 Å². The van der Waals surface area contributed by atoms with E-state index in [2.05, 4.69) is 0 Å². The third-order valence-corrected chi connectivity index (χ3v) is 4.09. The molecule has 2 aromatic rings. The summed E-state index contributed by atoms with van der Waals surface area (Å²) in [6.07, 6.45) is 0.278. The van der Waals surface area contributed by atoms with E-state index in [0.717, 1.165) is 5.56 Å². The summed E-state index contributed by atoms with van der Waals surface area (Å²) in [7, 11) is 0. The van der Waals surface area contributed by atoms with Crippen LogP contribution in [0.3, 0.4) is 0 Å². The van der Waals surface area contributed by atoms with Crippen molar-refractivity contribution < 1.29 is 19.4 Å². The first-order valence-corrected chi connectivity index (χ1v) is 8.87. The van der Waals surface area contributed by atoms with E-state index >= 15 is 0 Å². The van der Waals surface area contributed by atoms with Crippen molar-refractivity contribution in [1.29, 1.82) is 0 Å². The van der Waals surface area contributed by atoms with Gasteiger partial charge in [-0.3, -0.25) is 9.47 Å². The average Bonchev–Trinajstić information content (AvgIpc) is 2.60. The van der Waals surface area contributed by atoms with Gasteiger partial charge in [0.05, 0.1) is 0 Å². The minimum absolute atomic E-state index is 0.0436. The molecule has 7 heteroatoms. The van der Waals surface area contributed by atoms with Crippen LogP contribution in [0.1, 0.15) is 44.6 Å². The minimum atomic E-state index is -0.914. The van der Waals surface area contributed by atoms with Gasteiger partial charge in [0.25, 0.3) is 0 Å². The lowest BCUT2D eigenvalue weighted by Crippen LogP contribution is -2.49. The Kier molecular flexibility index (Phi) is 5.23. The molecule has 1 unspecified atom stereocenters. The molecule has 27 heavy (non-hydrogen) atoms. The number of aliphatic hydroxyl groups is 1. The second-order valence-corrected chi connectivity index (χ2v) is 7.42. The average molecular weight is 372 g/mol. The zero-order valence-electron chi connectivity index (χ0n) is 15.7. The number of hydrogen-bond acceptors (Lipinski definition) is 5. The Bertz CT molecular complexity index is 870. The highest BCUT2D eigenvalue weighted by Crippen LogP contribution is 2.29. The number of amides is 1. The molecule has 0 fully saturated rings. The molecular formula is C20H24N2O5. The fourth-order valence-corrected chi connectivity index (χ4v) is 2.90. The highest BCUT2D eigenvalue weighted by molar-refractivity contribution is 5.79. The number of ether oxygens (including phenoxy) is 2. The van der Waals surface area contributed by atoms with Crippen LogP contribution in [0, 0.1) is 0 Å².